The maximum atomic E-state index is 12.2. The standard InChI is InChI=1S/C12H13ClN6O/c13-9-2-1-8(19-7-15-17-18-19)5-10(9)16-11(20)12(6-14)3-4-12/h1-2,5,7H,3-4,6,14H2,(H,16,20). The summed E-state index contributed by atoms with van der Waals surface area (Å²) in [5.74, 6) is -0.0873. The summed E-state index contributed by atoms with van der Waals surface area (Å²) in [6, 6.07) is 5.18. The van der Waals surface area contributed by atoms with E-state index in [-0.39, 0.29) is 5.91 Å². The van der Waals surface area contributed by atoms with Gasteiger partial charge in [0.25, 0.3) is 0 Å². The number of hydrogen-bond donors (Lipinski definition) is 2. The average Bonchev–Trinajstić information content (AvgIpc) is 3.08. The van der Waals surface area contributed by atoms with Gasteiger partial charge < -0.3 is 11.1 Å². The molecule has 1 aromatic heterocycles. The molecule has 0 atom stereocenters. The van der Waals surface area contributed by atoms with E-state index in [0.717, 1.165) is 12.8 Å². The largest absolute Gasteiger partial charge is 0.329 e. The molecule has 1 heterocycles. The fourth-order valence-electron chi connectivity index (χ4n) is 1.96. The van der Waals surface area contributed by atoms with E-state index in [9.17, 15) is 4.79 Å². The Balaban J connectivity index is 1.86. The van der Waals surface area contributed by atoms with Crippen LogP contribution in [0.4, 0.5) is 5.69 Å². The van der Waals surface area contributed by atoms with Crippen molar-refractivity contribution in [3.05, 3.63) is 29.5 Å². The van der Waals surface area contributed by atoms with E-state index in [1.165, 1.54) is 11.0 Å². The van der Waals surface area contributed by atoms with E-state index < -0.39 is 5.41 Å². The lowest BCUT2D eigenvalue weighted by Gasteiger charge is -2.14. The summed E-state index contributed by atoms with van der Waals surface area (Å²) >= 11 is 6.11. The molecule has 1 saturated carbocycles. The monoisotopic (exact) mass is 292 g/mol. The van der Waals surface area contributed by atoms with Gasteiger partial charge in [-0.05, 0) is 41.5 Å². The molecule has 1 aliphatic carbocycles. The Morgan fingerprint density at radius 3 is 2.90 bits per heavy atom. The summed E-state index contributed by atoms with van der Waals surface area (Å²) in [5, 5.41) is 14.2. The Morgan fingerprint density at radius 1 is 1.50 bits per heavy atom. The van der Waals surface area contributed by atoms with E-state index in [1.54, 1.807) is 18.2 Å². The van der Waals surface area contributed by atoms with Gasteiger partial charge in [0.15, 0.2) is 0 Å². The lowest BCUT2D eigenvalue weighted by atomic mass is 10.1. The molecule has 0 aliphatic heterocycles. The number of benzene rings is 1. The van der Waals surface area contributed by atoms with Gasteiger partial charge >= 0.3 is 0 Å². The van der Waals surface area contributed by atoms with Crippen molar-refractivity contribution in [2.45, 2.75) is 12.8 Å². The molecular formula is C12H13ClN6O. The molecule has 0 unspecified atom stereocenters. The van der Waals surface area contributed by atoms with Crippen LogP contribution in [0.1, 0.15) is 12.8 Å². The Labute approximate surface area is 120 Å². The second kappa shape index (κ2) is 4.84. The van der Waals surface area contributed by atoms with Crippen LogP contribution in [-0.4, -0.2) is 32.7 Å². The van der Waals surface area contributed by atoms with Crippen LogP contribution < -0.4 is 11.1 Å². The van der Waals surface area contributed by atoms with Crippen molar-refractivity contribution in [2.24, 2.45) is 11.1 Å². The molecule has 20 heavy (non-hydrogen) atoms. The van der Waals surface area contributed by atoms with Crippen LogP contribution in [0, 0.1) is 5.41 Å². The number of anilines is 1. The van der Waals surface area contributed by atoms with Gasteiger partial charge in [0.1, 0.15) is 6.33 Å². The van der Waals surface area contributed by atoms with Gasteiger partial charge in [0.2, 0.25) is 5.91 Å². The Morgan fingerprint density at radius 2 is 2.30 bits per heavy atom. The van der Waals surface area contributed by atoms with Gasteiger partial charge in [-0.25, -0.2) is 4.68 Å². The molecule has 1 fully saturated rings. The summed E-state index contributed by atoms with van der Waals surface area (Å²) in [6.45, 7) is 0.350. The molecule has 0 saturated heterocycles. The predicted octanol–water partition coefficient (Wildman–Crippen LogP) is 0.993. The third kappa shape index (κ3) is 2.25. The van der Waals surface area contributed by atoms with Crippen LogP contribution in [0.25, 0.3) is 5.69 Å². The highest BCUT2D eigenvalue weighted by Crippen LogP contribution is 2.45. The lowest BCUT2D eigenvalue weighted by Crippen LogP contribution is -2.30. The van der Waals surface area contributed by atoms with Crippen LogP contribution in [0.2, 0.25) is 5.02 Å². The second-order valence-electron chi connectivity index (χ2n) is 4.86. The molecule has 0 radical (unpaired) electrons. The number of nitrogens with zero attached hydrogens (tertiary/aromatic N) is 4. The molecule has 104 valence electrons. The van der Waals surface area contributed by atoms with Crippen LogP contribution in [-0.2, 0) is 4.79 Å². The second-order valence-corrected chi connectivity index (χ2v) is 5.26. The van der Waals surface area contributed by atoms with Crippen LogP contribution in [0.5, 0.6) is 0 Å². The molecule has 3 N–H and O–H groups in total. The number of hydrogen-bond acceptors (Lipinski definition) is 5. The normalized spacial score (nSPS) is 15.9. The van der Waals surface area contributed by atoms with Crippen molar-refractivity contribution < 1.29 is 4.79 Å². The van der Waals surface area contributed by atoms with Gasteiger partial charge in [-0.3, -0.25) is 4.79 Å². The first-order chi connectivity index (χ1) is 9.64. The number of tetrazole rings is 1. The van der Waals surface area contributed by atoms with E-state index in [2.05, 4.69) is 20.8 Å². The molecule has 7 nitrogen and oxygen atoms in total. The Hall–Kier alpha value is -1.99. The van der Waals surface area contributed by atoms with Gasteiger partial charge in [-0.2, -0.15) is 0 Å². The van der Waals surface area contributed by atoms with Gasteiger partial charge in [0, 0.05) is 6.54 Å². The number of carbonyl (C=O) groups is 1. The van der Waals surface area contributed by atoms with Crippen LogP contribution in [0.3, 0.4) is 0 Å². The number of amides is 1. The van der Waals surface area contributed by atoms with Crippen molar-refractivity contribution >= 4 is 23.2 Å². The number of nitrogens with two attached hydrogens (primary N) is 1. The summed E-state index contributed by atoms with van der Waals surface area (Å²) in [4.78, 5) is 12.2. The third-order valence-electron chi connectivity index (χ3n) is 3.54. The zero-order valence-corrected chi connectivity index (χ0v) is 11.3. The maximum absolute atomic E-state index is 12.2. The van der Waals surface area contributed by atoms with E-state index in [0.29, 0.717) is 22.9 Å². The fourth-order valence-corrected chi connectivity index (χ4v) is 2.13. The highest BCUT2D eigenvalue weighted by molar-refractivity contribution is 6.33. The first-order valence-electron chi connectivity index (χ1n) is 6.19. The summed E-state index contributed by atoms with van der Waals surface area (Å²) in [6.07, 6.45) is 3.11. The molecule has 2 aromatic rings. The van der Waals surface area contributed by atoms with Gasteiger partial charge in [0.05, 0.1) is 21.8 Å². The number of rotatable bonds is 4. The summed E-state index contributed by atoms with van der Waals surface area (Å²) in [5.41, 5.74) is 6.47. The quantitative estimate of drug-likeness (QED) is 0.875. The first-order valence-corrected chi connectivity index (χ1v) is 6.57. The van der Waals surface area contributed by atoms with Crippen LogP contribution in [0.15, 0.2) is 24.5 Å². The highest BCUT2D eigenvalue weighted by atomic mass is 35.5. The van der Waals surface area contributed by atoms with Gasteiger partial charge in [-0.15, -0.1) is 5.10 Å². The third-order valence-corrected chi connectivity index (χ3v) is 3.87. The molecule has 3 rings (SSSR count). The van der Waals surface area contributed by atoms with Gasteiger partial charge in [-0.1, -0.05) is 11.6 Å². The van der Waals surface area contributed by atoms with Crippen molar-refractivity contribution in [3.63, 3.8) is 0 Å². The Bertz CT molecular complexity index is 637. The lowest BCUT2D eigenvalue weighted by molar-refractivity contribution is -0.120. The molecule has 1 aliphatic rings. The smallest absolute Gasteiger partial charge is 0.231 e. The minimum atomic E-state index is -0.422. The predicted molar refractivity (Wildman–Crippen MR) is 73.5 cm³/mol. The van der Waals surface area contributed by atoms with E-state index in [1.807, 2.05) is 0 Å². The summed E-state index contributed by atoms with van der Waals surface area (Å²) in [7, 11) is 0. The van der Waals surface area contributed by atoms with E-state index in [4.69, 9.17) is 17.3 Å². The number of aromatic nitrogens is 4. The minimum Gasteiger partial charge on any atom is -0.329 e. The topological polar surface area (TPSA) is 98.7 Å². The van der Waals surface area contributed by atoms with Crippen LogP contribution >= 0.6 is 11.6 Å². The van der Waals surface area contributed by atoms with Crippen molar-refractivity contribution in [1.29, 1.82) is 0 Å². The Kier molecular flexibility index (Phi) is 3.15. The van der Waals surface area contributed by atoms with E-state index >= 15 is 0 Å². The highest BCUT2D eigenvalue weighted by Gasteiger charge is 2.48. The zero-order valence-electron chi connectivity index (χ0n) is 10.6. The molecule has 0 bridgehead atoms. The molecule has 1 aromatic carbocycles. The first kappa shape index (κ1) is 13.0. The maximum Gasteiger partial charge on any atom is 0.231 e. The van der Waals surface area contributed by atoms with Crippen molar-refractivity contribution in [2.75, 3.05) is 11.9 Å². The minimum absolute atomic E-state index is 0.0873. The molecule has 0 spiro atoms. The van der Waals surface area contributed by atoms with Crippen molar-refractivity contribution in [3.8, 4) is 5.69 Å². The molecule has 1 amide bonds. The SMILES string of the molecule is NCC1(C(=O)Nc2cc(-n3cnnn3)ccc2Cl)CC1. The number of halogens is 1. The molecular weight excluding hydrogens is 280 g/mol. The number of nitrogens with one attached hydrogen (secondary N) is 1. The van der Waals surface area contributed by atoms with Crippen molar-refractivity contribution in [1.82, 2.24) is 20.2 Å². The average molecular weight is 293 g/mol. The fraction of sp³-hybridized carbons (Fsp3) is 0.333. The zero-order chi connectivity index (χ0) is 14.2. The summed E-state index contributed by atoms with van der Waals surface area (Å²) < 4.78 is 1.49. The number of carbonyl (C=O) groups excluding carboxylic acids is 1. The molecule has 8 heteroatoms.